The molecule has 20 heavy (non-hydrogen) atoms. The lowest BCUT2D eigenvalue weighted by Crippen LogP contribution is -2.14. The second kappa shape index (κ2) is 2.84. The molecular weight excluding hydrogens is 364 g/mol. The van der Waals surface area contributed by atoms with E-state index in [1.165, 1.54) is 0 Å². The summed E-state index contributed by atoms with van der Waals surface area (Å²) in [5.41, 5.74) is 0. The highest BCUT2D eigenvalue weighted by Gasteiger charge is 2.70. The summed E-state index contributed by atoms with van der Waals surface area (Å²) in [6.45, 7) is 0. The van der Waals surface area contributed by atoms with Crippen LogP contribution in [0.4, 0.5) is 47.6 Å². The molecule has 0 aliphatic heterocycles. The second-order valence-corrected chi connectivity index (χ2v) is 8.41. The molecule has 0 saturated heterocycles. The normalized spacial score (nSPS) is 20.6. The van der Waals surface area contributed by atoms with Crippen LogP contribution < -0.4 is 0 Å². The summed E-state index contributed by atoms with van der Waals surface area (Å²) < 4.78 is 147. The molecule has 0 fully saturated rings. The van der Waals surface area contributed by atoms with Crippen molar-refractivity contribution in [2.24, 2.45) is 0 Å². The van der Waals surface area contributed by atoms with Crippen LogP contribution in [-0.2, 0) is 0 Å². The van der Waals surface area contributed by atoms with Gasteiger partial charge in [-0.15, -0.1) is 0 Å². The van der Waals surface area contributed by atoms with E-state index >= 15 is 0 Å². The van der Waals surface area contributed by atoms with Crippen LogP contribution in [-0.4, -0.2) is 0 Å². The molecule has 0 heterocycles. The first-order valence-corrected chi connectivity index (χ1v) is 7.89. The monoisotopic (exact) mass is 366 g/mol. The molecule has 1 aromatic carbocycles. The molecule has 0 aliphatic rings. The Morgan fingerprint density at radius 2 is 0.700 bits per heavy atom. The van der Waals surface area contributed by atoms with Crippen LogP contribution in [0, 0.1) is 11.6 Å². The second-order valence-electron chi connectivity index (χ2n) is 3.65. The number of rotatable bonds is 2. The molecule has 122 valence electrons. The van der Waals surface area contributed by atoms with Crippen molar-refractivity contribution in [3.05, 3.63) is 23.8 Å². The third-order valence-electron chi connectivity index (χ3n) is 1.82. The van der Waals surface area contributed by atoms with Crippen molar-refractivity contribution in [1.82, 2.24) is 0 Å². The maximum absolute atomic E-state index is 12.7. The van der Waals surface area contributed by atoms with E-state index in [2.05, 4.69) is 0 Å². The summed E-state index contributed by atoms with van der Waals surface area (Å²) in [7, 11) is -21.7. The van der Waals surface area contributed by atoms with Crippen LogP contribution >= 0.6 is 20.4 Å². The highest BCUT2D eigenvalue weighted by atomic mass is 32.5. The minimum absolute atomic E-state index is 1.63. The molecule has 0 aromatic heterocycles. The van der Waals surface area contributed by atoms with Crippen molar-refractivity contribution < 1.29 is 47.6 Å². The third kappa shape index (κ3) is 3.59. The van der Waals surface area contributed by atoms with Crippen molar-refractivity contribution in [1.29, 1.82) is 0 Å². The van der Waals surface area contributed by atoms with E-state index in [4.69, 9.17) is 0 Å². The van der Waals surface area contributed by atoms with Gasteiger partial charge in [0.15, 0.2) is 0 Å². The van der Waals surface area contributed by atoms with Gasteiger partial charge in [-0.3, -0.25) is 0 Å². The van der Waals surface area contributed by atoms with Crippen LogP contribution in [0.25, 0.3) is 0 Å². The van der Waals surface area contributed by atoms with Gasteiger partial charge in [-0.05, 0) is 0 Å². The highest BCUT2D eigenvalue weighted by molar-refractivity contribution is 8.46. The van der Waals surface area contributed by atoms with E-state index < -0.39 is 54.0 Å². The summed E-state index contributed by atoms with van der Waals surface area (Å²) >= 11 is 0. The Hall–Kier alpha value is -0.920. The Labute approximate surface area is 102 Å². The van der Waals surface area contributed by atoms with Gasteiger partial charge in [0.05, 0.1) is 0 Å². The molecule has 1 aromatic rings. The van der Waals surface area contributed by atoms with Gasteiger partial charge in [0.25, 0.3) is 0 Å². The van der Waals surface area contributed by atoms with Gasteiger partial charge in [-0.1, -0.05) is 38.9 Å². The molecule has 0 atom stereocenters. The van der Waals surface area contributed by atoms with Crippen LogP contribution in [0.15, 0.2) is 21.9 Å². The first-order valence-electron chi connectivity index (χ1n) is 3.98. The number of hydrogen-bond acceptors (Lipinski definition) is 0. The largest absolute Gasteiger partial charge is 0.313 e. The van der Waals surface area contributed by atoms with Crippen LogP contribution in [0.3, 0.4) is 0 Å². The lowest BCUT2D eigenvalue weighted by Gasteiger charge is -2.43. The van der Waals surface area contributed by atoms with Gasteiger partial charge in [0.2, 0.25) is 0 Å². The molecule has 0 saturated carbocycles. The van der Waals surface area contributed by atoms with Crippen molar-refractivity contribution in [3.63, 3.8) is 0 Å². The quantitative estimate of drug-likeness (QED) is 0.483. The average molecular weight is 366 g/mol. The lowest BCUT2D eigenvalue weighted by molar-refractivity contribution is 0.340. The Bertz CT molecular complexity index is 535. The van der Waals surface area contributed by atoms with Gasteiger partial charge >= 0.3 is 20.4 Å². The summed E-state index contributed by atoms with van der Waals surface area (Å²) in [6, 6.07) is -3.27. The van der Waals surface area contributed by atoms with Gasteiger partial charge in [0, 0.05) is 12.1 Å². The molecular formula is C6H2F12S2. The zero-order valence-electron chi connectivity index (χ0n) is 8.51. The Morgan fingerprint density at radius 1 is 0.500 bits per heavy atom. The summed E-state index contributed by atoms with van der Waals surface area (Å²) in [5, 5.41) is 0. The zero-order chi connectivity index (χ0) is 16.5. The topological polar surface area (TPSA) is 0 Å². The van der Waals surface area contributed by atoms with Crippen molar-refractivity contribution in [2.75, 3.05) is 0 Å². The Balaban J connectivity index is 3.82. The minimum atomic E-state index is -10.9. The molecule has 0 aliphatic carbocycles. The molecule has 1 rings (SSSR count). The van der Waals surface area contributed by atoms with Crippen LogP contribution in [0.2, 0.25) is 0 Å². The van der Waals surface area contributed by atoms with E-state index in [0.29, 0.717) is 0 Å². The number of benzene rings is 1. The smallest absolute Gasteiger partial charge is 0.205 e. The fourth-order valence-electron chi connectivity index (χ4n) is 1.10. The van der Waals surface area contributed by atoms with Crippen LogP contribution in [0.5, 0.6) is 0 Å². The number of halogens is 12. The van der Waals surface area contributed by atoms with E-state index in [-0.39, 0.29) is 0 Å². The predicted octanol–water partition coefficient (Wildman–Crippen LogP) is 7.28. The first kappa shape index (κ1) is 17.1. The fourth-order valence-corrected chi connectivity index (χ4v) is 2.61. The van der Waals surface area contributed by atoms with Gasteiger partial charge in [-0.2, -0.15) is 0 Å². The van der Waals surface area contributed by atoms with Crippen molar-refractivity contribution in [3.8, 4) is 0 Å². The average Bonchev–Trinajstić information content (AvgIpc) is 1.99. The minimum Gasteiger partial charge on any atom is -0.205 e. The van der Waals surface area contributed by atoms with Crippen molar-refractivity contribution >= 4 is 20.4 Å². The zero-order valence-corrected chi connectivity index (χ0v) is 10.1. The highest BCUT2D eigenvalue weighted by Crippen LogP contribution is 3.04. The van der Waals surface area contributed by atoms with Crippen LogP contribution in [0.1, 0.15) is 0 Å². The summed E-state index contributed by atoms with van der Waals surface area (Å²) in [6.07, 6.45) is 0. The lowest BCUT2D eigenvalue weighted by atomic mass is 10.3. The SMILES string of the molecule is Fc1cc(S(F)(F)(F)(F)F)c(F)cc1S(F)(F)(F)(F)F. The molecule has 0 nitrogen and oxygen atoms in total. The van der Waals surface area contributed by atoms with Crippen molar-refractivity contribution in [2.45, 2.75) is 9.79 Å². The first-order chi connectivity index (χ1) is 8.01. The fraction of sp³-hybridized carbons (Fsp3) is 0. The van der Waals surface area contributed by atoms with E-state index in [1.54, 1.807) is 0 Å². The molecule has 14 heteroatoms. The Kier molecular flexibility index (Phi) is 2.43. The third-order valence-corrected chi connectivity index (χ3v) is 4.11. The Morgan fingerprint density at radius 3 is 0.850 bits per heavy atom. The molecule has 0 bridgehead atoms. The standard InChI is InChI=1S/C6H2F12S2/c7-3-1-5(19(9,10,11,12)13)4(8)2-6(3)20(14,15,16,17)18/h1-2H. The van der Waals surface area contributed by atoms with E-state index in [9.17, 15) is 47.6 Å². The molecule has 0 amide bonds. The molecule has 0 spiro atoms. The molecule has 0 radical (unpaired) electrons. The molecule has 0 unspecified atom stereocenters. The summed E-state index contributed by atoms with van der Waals surface area (Å²) in [4.78, 5) is -7.29. The van der Waals surface area contributed by atoms with E-state index in [1.807, 2.05) is 0 Å². The van der Waals surface area contributed by atoms with Gasteiger partial charge < -0.3 is 0 Å². The van der Waals surface area contributed by atoms with Gasteiger partial charge in [0.1, 0.15) is 21.4 Å². The summed E-state index contributed by atoms with van der Waals surface area (Å²) in [5.74, 6) is -6.71. The molecule has 0 N–H and O–H groups in total. The maximum atomic E-state index is 12.7. The predicted molar refractivity (Wildman–Crippen MR) is 49.2 cm³/mol. The maximum Gasteiger partial charge on any atom is 0.313 e. The number of hydrogen-bond donors (Lipinski definition) is 0. The van der Waals surface area contributed by atoms with E-state index in [0.717, 1.165) is 0 Å². The van der Waals surface area contributed by atoms with Gasteiger partial charge in [-0.25, -0.2) is 8.78 Å².